The topological polar surface area (TPSA) is 123 Å². The molecule has 2 N–H and O–H groups in total. The molecule has 5 aliphatic rings. The lowest BCUT2D eigenvalue weighted by atomic mass is 10.3. The number of nitrogens with zero attached hydrogens (tertiary/aromatic N) is 8. The van der Waals surface area contributed by atoms with Gasteiger partial charge in [0.2, 0.25) is 15.0 Å². The van der Waals surface area contributed by atoms with E-state index in [4.69, 9.17) is 85.5 Å². The van der Waals surface area contributed by atoms with Gasteiger partial charge >= 0.3 is 7.66 Å². The van der Waals surface area contributed by atoms with Crippen molar-refractivity contribution >= 4 is 108 Å². The lowest BCUT2D eigenvalue weighted by Gasteiger charge is -2.42. The predicted octanol–water partition coefficient (Wildman–Crippen LogP) is 10.9. The van der Waals surface area contributed by atoms with E-state index in [2.05, 4.69) is 37.6 Å². The first-order valence-corrected chi connectivity index (χ1v) is 27.0. The largest absolute Gasteiger partial charge is 0.345 e. The number of halogens is 6. The lowest BCUT2D eigenvalue weighted by molar-refractivity contribution is 0.174. The third-order valence-electron chi connectivity index (χ3n) is 5.88. The maximum absolute atomic E-state index is 6.61. The van der Waals surface area contributed by atoms with Gasteiger partial charge in [0, 0.05) is 39.3 Å². The second-order valence-corrected chi connectivity index (χ2v) is 31.3. The minimum Gasteiger partial charge on any atom is -0.306 e. The van der Waals surface area contributed by atoms with E-state index in [1.807, 2.05) is 0 Å². The summed E-state index contributed by atoms with van der Waals surface area (Å²) in [6, 6.07) is 0. The molecule has 0 aromatic carbocycles. The molecule has 0 saturated carbocycles. The van der Waals surface area contributed by atoms with Gasteiger partial charge in [-0.15, -0.1) is 0 Å². The van der Waals surface area contributed by atoms with Crippen LogP contribution >= 0.6 is 108 Å². The fourth-order valence-electron chi connectivity index (χ4n) is 4.45. The van der Waals surface area contributed by atoms with Crippen molar-refractivity contribution in [3.8, 4) is 0 Å². The zero-order valence-electron chi connectivity index (χ0n) is 19.5. The van der Waals surface area contributed by atoms with Crippen LogP contribution in [0.3, 0.4) is 0 Å². The molecule has 2 atom stereocenters. The molecule has 214 valence electrons. The van der Waals surface area contributed by atoms with Gasteiger partial charge in [-0.3, -0.25) is 10.2 Å². The highest BCUT2D eigenvalue weighted by atomic mass is 35.9. The minimum atomic E-state index is -3.00. The Kier molecular flexibility index (Phi) is 10.2. The quantitative estimate of drug-likeness (QED) is 0.213. The highest BCUT2D eigenvalue weighted by Gasteiger charge is 2.43. The number of nitrogens with one attached hydrogen (secondary N) is 2. The first-order chi connectivity index (χ1) is 17.4. The summed E-state index contributed by atoms with van der Waals surface area (Å²) in [6.45, 7) is 5.68. The molecule has 5 heterocycles. The van der Waals surface area contributed by atoms with Crippen molar-refractivity contribution in [3.05, 3.63) is 0 Å². The van der Waals surface area contributed by atoms with Crippen molar-refractivity contribution in [2.45, 2.75) is 32.1 Å². The van der Waals surface area contributed by atoms with E-state index in [1.165, 1.54) is 0 Å². The molecule has 5 aliphatic heterocycles. The molecule has 12 nitrogen and oxygen atoms in total. The van der Waals surface area contributed by atoms with Crippen LogP contribution in [0.4, 0.5) is 0 Å². The normalized spacial score (nSPS) is 36.5. The molecule has 2 unspecified atom stereocenters. The van der Waals surface area contributed by atoms with Crippen molar-refractivity contribution in [2.24, 2.45) is 27.1 Å². The summed E-state index contributed by atoms with van der Waals surface area (Å²) in [5, 5.41) is 6.96. The van der Waals surface area contributed by atoms with E-state index in [9.17, 15) is 0 Å². The fraction of sp³-hybridized carbons (Fsp3) is 1.00. The van der Waals surface area contributed by atoms with Crippen LogP contribution < -0.4 is 10.2 Å². The molecule has 3 fully saturated rings. The zero-order chi connectivity index (χ0) is 26.4. The van der Waals surface area contributed by atoms with Crippen LogP contribution in [0.5, 0.6) is 0 Å². The number of unbranched alkanes of at least 4 members (excludes halogenated alkanes) is 1. The summed E-state index contributed by atoms with van der Waals surface area (Å²) in [7, 11) is -8.08. The average Bonchev–Trinajstić information content (AvgIpc) is 2.76. The lowest BCUT2D eigenvalue weighted by Crippen LogP contribution is -2.37. The van der Waals surface area contributed by atoms with E-state index in [0.717, 1.165) is 71.4 Å². The first-order valence-electron chi connectivity index (χ1n) is 11.7. The molecule has 3 spiro atoms. The van der Waals surface area contributed by atoms with Gasteiger partial charge in [-0.2, -0.15) is 27.1 Å². The van der Waals surface area contributed by atoms with Crippen LogP contribution in [0.2, 0.25) is 0 Å². The Hall–Kier alpha value is 2.88. The zero-order valence-corrected chi connectivity index (χ0v) is 29.4. The van der Waals surface area contributed by atoms with Crippen LogP contribution in [0, 0.1) is 0 Å². The van der Waals surface area contributed by atoms with Crippen molar-refractivity contribution in [1.29, 1.82) is 0 Å². The Bertz CT molecular complexity index is 1240. The highest BCUT2D eigenvalue weighted by Crippen LogP contribution is 2.85. The van der Waals surface area contributed by atoms with Crippen molar-refractivity contribution in [3.63, 3.8) is 0 Å². The molecule has 0 amide bonds. The van der Waals surface area contributed by atoms with Gasteiger partial charge in [-0.05, 0) is 99.5 Å². The SMILES string of the molecule is ClP1(Cl)=NP(Cl)(Cl)=NP2(=N1)NCCCN2CCCCN1CCCNP12=NP1(=NP(Cl)(Cl)=N2)OCCCO1. The maximum atomic E-state index is 6.61. The summed E-state index contributed by atoms with van der Waals surface area (Å²) in [5.41, 5.74) is 0. The van der Waals surface area contributed by atoms with Gasteiger partial charge in [-0.1, -0.05) is 0 Å². The molecular weight excluding hydrogens is 727 g/mol. The van der Waals surface area contributed by atoms with Gasteiger partial charge < -0.3 is 9.05 Å². The standard InChI is InChI=1S/C13H28Cl6N10O2P6/c14-32(15)22-33(16,17)24-35(23-32)20-6-3-10-28(35)8-1-2-9-29-11-4-7-21-36(29)25-34(18,19)26-37(27-36)30-12-5-13-31-37/h20-21H,1-13H2. The van der Waals surface area contributed by atoms with Gasteiger partial charge in [0.25, 0.3) is 17.7 Å². The maximum Gasteiger partial charge on any atom is 0.345 e. The van der Waals surface area contributed by atoms with E-state index in [-0.39, 0.29) is 0 Å². The Morgan fingerprint density at radius 3 is 1.62 bits per heavy atom. The third kappa shape index (κ3) is 7.52. The molecule has 0 radical (unpaired) electrons. The predicted molar refractivity (Wildman–Crippen MR) is 165 cm³/mol. The molecule has 0 bridgehead atoms. The van der Waals surface area contributed by atoms with E-state index in [1.54, 1.807) is 0 Å². The fourth-order valence-corrected chi connectivity index (χ4v) is 33.1. The summed E-state index contributed by atoms with van der Waals surface area (Å²) in [6.07, 6.45) is 4.45. The minimum absolute atomic E-state index is 0.523. The van der Waals surface area contributed by atoms with Crippen LogP contribution in [-0.2, 0) is 9.05 Å². The molecule has 24 heteroatoms. The summed E-state index contributed by atoms with van der Waals surface area (Å²) in [4.78, 5) is 0. The Labute approximate surface area is 246 Å². The molecule has 0 aromatic rings. The second kappa shape index (κ2) is 12.1. The molecule has 3 saturated heterocycles. The molecule has 0 aromatic heterocycles. The van der Waals surface area contributed by atoms with Crippen LogP contribution in [0.25, 0.3) is 0 Å². The van der Waals surface area contributed by atoms with Gasteiger partial charge in [0.05, 0.1) is 13.2 Å². The number of rotatable bonds is 5. The summed E-state index contributed by atoms with van der Waals surface area (Å²) in [5.74, 6) is -8.99. The molecular formula is C13H28Cl6N10O2P6. The monoisotopic (exact) mass is 752 g/mol. The van der Waals surface area contributed by atoms with Gasteiger partial charge in [0.1, 0.15) is 0 Å². The van der Waals surface area contributed by atoms with Gasteiger partial charge in [0.15, 0.2) is 0 Å². The van der Waals surface area contributed by atoms with Crippen molar-refractivity contribution in [2.75, 3.05) is 52.5 Å². The number of hydrogen-bond donors (Lipinski definition) is 2. The first kappa shape index (κ1) is 31.3. The summed E-state index contributed by atoms with van der Waals surface area (Å²) < 4.78 is 44.2. The average molecular weight is 755 g/mol. The Morgan fingerprint density at radius 2 is 1.08 bits per heavy atom. The molecule has 5 rings (SSSR count). The molecule has 37 heavy (non-hydrogen) atoms. The van der Waals surface area contributed by atoms with Crippen molar-refractivity contribution in [1.82, 2.24) is 19.5 Å². The van der Waals surface area contributed by atoms with E-state index in [0.29, 0.717) is 13.2 Å². The van der Waals surface area contributed by atoms with Crippen LogP contribution in [0.1, 0.15) is 32.1 Å². The Balaban J connectivity index is 1.32. The van der Waals surface area contributed by atoms with Crippen LogP contribution in [0.15, 0.2) is 27.1 Å². The second-order valence-electron chi connectivity index (χ2n) is 8.69. The molecule has 0 aliphatic carbocycles. The van der Waals surface area contributed by atoms with Crippen LogP contribution in [-0.4, -0.2) is 61.8 Å². The number of hydrogen-bond acceptors (Lipinski definition) is 12. The van der Waals surface area contributed by atoms with Crippen molar-refractivity contribution < 1.29 is 9.05 Å². The third-order valence-corrected chi connectivity index (χ3v) is 28.9. The van der Waals surface area contributed by atoms with E-state index < -0.39 is 40.4 Å². The van der Waals surface area contributed by atoms with E-state index >= 15 is 0 Å². The van der Waals surface area contributed by atoms with Gasteiger partial charge in [-0.25, -0.2) is 9.34 Å². The highest BCUT2D eigenvalue weighted by molar-refractivity contribution is 8.20. The Morgan fingerprint density at radius 1 is 0.595 bits per heavy atom. The summed E-state index contributed by atoms with van der Waals surface area (Å²) >= 11 is 38.8. The smallest absolute Gasteiger partial charge is 0.306 e.